The number of anilines is 1. The van der Waals surface area contributed by atoms with Crippen LogP contribution in [0.4, 0.5) is 5.13 Å². The first-order valence-electron chi connectivity index (χ1n) is 5.50. The van der Waals surface area contributed by atoms with Crippen LogP contribution in [0.5, 0.6) is 0 Å². The number of carbonyl (C=O) groups is 1. The van der Waals surface area contributed by atoms with Crippen LogP contribution < -0.4 is 5.32 Å². The Labute approximate surface area is 98.1 Å². The van der Waals surface area contributed by atoms with E-state index in [4.69, 9.17) is 5.11 Å². The second-order valence-corrected chi connectivity index (χ2v) is 4.90. The molecule has 1 saturated carbocycles. The minimum absolute atomic E-state index is 0.479. The Balaban J connectivity index is 1.99. The van der Waals surface area contributed by atoms with Gasteiger partial charge in [0.1, 0.15) is 11.9 Å². The zero-order valence-electron chi connectivity index (χ0n) is 9.14. The van der Waals surface area contributed by atoms with E-state index in [0.717, 1.165) is 18.7 Å². The normalized spacial score (nSPS) is 18.6. The van der Waals surface area contributed by atoms with Gasteiger partial charge in [0.05, 0.1) is 0 Å². The molecule has 88 valence electrons. The van der Waals surface area contributed by atoms with Gasteiger partial charge in [-0.3, -0.25) is 4.79 Å². The molecule has 0 aliphatic heterocycles. The van der Waals surface area contributed by atoms with Crippen LogP contribution in [-0.4, -0.2) is 26.5 Å². The molecule has 1 atom stereocenters. The molecular formula is C10H15N3O2S. The van der Waals surface area contributed by atoms with Gasteiger partial charge in [0.2, 0.25) is 5.13 Å². The van der Waals surface area contributed by atoms with E-state index in [1.807, 2.05) is 0 Å². The van der Waals surface area contributed by atoms with Crippen molar-refractivity contribution < 1.29 is 9.90 Å². The molecule has 0 radical (unpaired) electrons. The van der Waals surface area contributed by atoms with E-state index in [-0.39, 0.29) is 0 Å². The van der Waals surface area contributed by atoms with E-state index in [0.29, 0.717) is 11.0 Å². The average Bonchev–Trinajstić information content (AvgIpc) is 2.85. The van der Waals surface area contributed by atoms with Gasteiger partial charge < -0.3 is 10.4 Å². The van der Waals surface area contributed by atoms with Crippen LogP contribution in [0.25, 0.3) is 0 Å². The van der Waals surface area contributed by atoms with Crippen molar-refractivity contribution in [3.63, 3.8) is 0 Å². The Morgan fingerprint density at radius 2 is 2.25 bits per heavy atom. The maximum atomic E-state index is 10.7. The first kappa shape index (κ1) is 11.3. The molecule has 2 N–H and O–H groups in total. The highest BCUT2D eigenvalue weighted by molar-refractivity contribution is 7.09. The predicted octanol–water partition coefficient (Wildman–Crippen LogP) is 2.08. The summed E-state index contributed by atoms with van der Waals surface area (Å²) in [4.78, 5) is 15.0. The molecule has 2 rings (SSSR count). The lowest BCUT2D eigenvalue weighted by Crippen LogP contribution is -2.25. The molecule has 1 aliphatic rings. The molecule has 6 heteroatoms. The standard InChI is InChI=1S/C10H15N3O2S/c1-6(9(14)15)11-10-12-8(13-16-10)7-4-2-3-5-7/h6-7H,2-5H2,1H3,(H,14,15)(H,11,12,13)/t6-/m0/s1. The molecule has 0 amide bonds. The lowest BCUT2D eigenvalue weighted by molar-refractivity contribution is -0.137. The second kappa shape index (κ2) is 4.78. The number of nitrogens with one attached hydrogen (secondary N) is 1. The average molecular weight is 241 g/mol. The third kappa shape index (κ3) is 2.49. The Kier molecular flexibility index (Phi) is 3.38. The summed E-state index contributed by atoms with van der Waals surface area (Å²) in [7, 11) is 0. The fraction of sp³-hybridized carbons (Fsp3) is 0.700. The summed E-state index contributed by atoms with van der Waals surface area (Å²) in [6.07, 6.45) is 4.81. The van der Waals surface area contributed by atoms with Crippen molar-refractivity contribution in [1.82, 2.24) is 9.36 Å². The SMILES string of the molecule is C[C@H](Nc1nc(C2CCCC2)ns1)C(=O)O. The zero-order valence-corrected chi connectivity index (χ0v) is 9.96. The van der Waals surface area contributed by atoms with E-state index in [1.165, 1.54) is 24.4 Å². The van der Waals surface area contributed by atoms with Gasteiger partial charge in [-0.1, -0.05) is 12.8 Å². The molecule has 5 nitrogen and oxygen atoms in total. The first-order valence-corrected chi connectivity index (χ1v) is 6.27. The molecular weight excluding hydrogens is 226 g/mol. The number of rotatable bonds is 4. The monoisotopic (exact) mass is 241 g/mol. The van der Waals surface area contributed by atoms with Crippen LogP contribution in [0.3, 0.4) is 0 Å². The van der Waals surface area contributed by atoms with Gasteiger partial charge in [-0.15, -0.1) is 0 Å². The van der Waals surface area contributed by atoms with Crippen LogP contribution >= 0.6 is 11.5 Å². The fourth-order valence-corrected chi connectivity index (χ4v) is 2.62. The third-order valence-electron chi connectivity index (χ3n) is 2.87. The number of carboxylic acid groups (broad SMARTS) is 1. The summed E-state index contributed by atoms with van der Waals surface area (Å²) < 4.78 is 4.29. The fourth-order valence-electron chi connectivity index (χ4n) is 1.89. The molecule has 1 aliphatic carbocycles. The van der Waals surface area contributed by atoms with Crippen molar-refractivity contribution in [3.05, 3.63) is 5.82 Å². The Hall–Kier alpha value is -1.17. The molecule has 1 fully saturated rings. The van der Waals surface area contributed by atoms with Crippen LogP contribution in [0, 0.1) is 0 Å². The minimum Gasteiger partial charge on any atom is -0.480 e. The summed E-state index contributed by atoms with van der Waals surface area (Å²) in [5.41, 5.74) is 0. The number of hydrogen-bond donors (Lipinski definition) is 2. The van der Waals surface area contributed by atoms with Gasteiger partial charge in [0, 0.05) is 17.5 Å². The quantitative estimate of drug-likeness (QED) is 0.844. The molecule has 0 bridgehead atoms. The summed E-state index contributed by atoms with van der Waals surface area (Å²) >= 11 is 1.25. The van der Waals surface area contributed by atoms with Crippen molar-refractivity contribution >= 4 is 22.6 Å². The van der Waals surface area contributed by atoms with Gasteiger partial charge in [-0.2, -0.15) is 4.37 Å². The molecule has 16 heavy (non-hydrogen) atoms. The maximum absolute atomic E-state index is 10.7. The predicted molar refractivity (Wildman–Crippen MR) is 61.8 cm³/mol. The molecule has 0 unspecified atom stereocenters. The Morgan fingerprint density at radius 1 is 1.56 bits per heavy atom. The summed E-state index contributed by atoms with van der Waals surface area (Å²) in [6, 6.07) is -0.621. The van der Waals surface area contributed by atoms with Crippen molar-refractivity contribution in [2.45, 2.75) is 44.6 Å². The van der Waals surface area contributed by atoms with E-state index < -0.39 is 12.0 Å². The van der Waals surface area contributed by atoms with E-state index in [1.54, 1.807) is 6.92 Å². The number of nitrogens with zero attached hydrogens (tertiary/aromatic N) is 2. The van der Waals surface area contributed by atoms with Gasteiger partial charge >= 0.3 is 5.97 Å². The van der Waals surface area contributed by atoms with E-state index in [2.05, 4.69) is 14.7 Å². The summed E-state index contributed by atoms with van der Waals surface area (Å²) in [5.74, 6) is 0.479. The highest BCUT2D eigenvalue weighted by Crippen LogP contribution is 2.33. The lowest BCUT2D eigenvalue weighted by atomic mass is 10.1. The van der Waals surface area contributed by atoms with E-state index >= 15 is 0 Å². The molecule has 0 spiro atoms. The van der Waals surface area contributed by atoms with Crippen molar-refractivity contribution in [3.8, 4) is 0 Å². The largest absolute Gasteiger partial charge is 0.480 e. The summed E-state index contributed by atoms with van der Waals surface area (Å²) in [6.45, 7) is 1.60. The third-order valence-corrected chi connectivity index (χ3v) is 3.53. The van der Waals surface area contributed by atoms with Gasteiger partial charge in [0.25, 0.3) is 0 Å². The molecule has 0 aromatic carbocycles. The summed E-state index contributed by atoms with van der Waals surface area (Å²) in [5, 5.41) is 12.2. The number of aliphatic carboxylic acids is 1. The highest BCUT2D eigenvalue weighted by atomic mass is 32.1. The smallest absolute Gasteiger partial charge is 0.325 e. The zero-order chi connectivity index (χ0) is 11.5. The Morgan fingerprint density at radius 3 is 2.88 bits per heavy atom. The maximum Gasteiger partial charge on any atom is 0.325 e. The Bertz CT molecular complexity index is 374. The van der Waals surface area contributed by atoms with Crippen molar-refractivity contribution in [2.24, 2.45) is 0 Å². The molecule has 1 aromatic heterocycles. The van der Waals surface area contributed by atoms with Crippen LogP contribution in [-0.2, 0) is 4.79 Å². The van der Waals surface area contributed by atoms with Crippen LogP contribution in [0.15, 0.2) is 0 Å². The number of carboxylic acids is 1. The number of hydrogen-bond acceptors (Lipinski definition) is 5. The van der Waals surface area contributed by atoms with Crippen molar-refractivity contribution in [1.29, 1.82) is 0 Å². The topological polar surface area (TPSA) is 75.1 Å². The number of aromatic nitrogens is 2. The second-order valence-electron chi connectivity index (χ2n) is 4.14. The van der Waals surface area contributed by atoms with Crippen LogP contribution in [0.1, 0.15) is 44.3 Å². The van der Waals surface area contributed by atoms with Crippen LogP contribution in [0.2, 0.25) is 0 Å². The highest BCUT2D eigenvalue weighted by Gasteiger charge is 2.22. The lowest BCUT2D eigenvalue weighted by Gasteiger charge is -2.06. The van der Waals surface area contributed by atoms with Crippen molar-refractivity contribution in [2.75, 3.05) is 5.32 Å². The van der Waals surface area contributed by atoms with Gasteiger partial charge in [-0.25, -0.2) is 4.98 Å². The van der Waals surface area contributed by atoms with Gasteiger partial charge in [-0.05, 0) is 19.8 Å². The van der Waals surface area contributed by atoms with Gasteiger partial charge in [0.15, 0.2) is 0 Å². The first-order chi connectivity index (χ1) is 7.66. The minimum atomic E-state index is -0.877. The molecule has 1 heterocycles. The molecule has 1 aromatic rings. The van der Waals surface area contributed by atoms with E-state index in [9.17, 15) is 4.79 Å². The molecule has 0 saturated heterocycles.